The van der Waals surface area contributed by atoms with Crippen LogP contribution in [0, 0.1) is 5.82 Å². The van der Waals surface area contributed by atoms with Crippen LogP contribution in [0.25, 0.3) is 0 Å². The van der Waals surface area contributed by atoms with Crippen LogP contribution in [-0.4, -0.2) is 78.9 Å². The van der Waals surface area contributed by atoms with Gasteiger partial charge in [0.1, 0.15) is 5.82 Å². The molecule has 2 aliphatic rings. The van der Waals surface area contributed by atoms with Crippen molar-refractivity contribution in [2.45, 2.75) is 32.4 Å². The van der Waals surface area contributed by atoms with Gasteiger partial charge in [-0.05, 0) is 25.8 Å². The van der Waals surface area contributed by atoms with Gasteiger partial charge in [0.15, 0.2) is 5.96 Å². The molecule has 2 aliphatic heterocycles. The average molecular weight is 375 g/mol. The second kappa shape index (κ2) is 9.17. The van der Waals surface area contributed by atoms with Gasteiger partial charge in [0, 0.05) is 58.4 Å². The van der Waals surface area contributed by atoms with E-state index in [2.05, 4.69) is 20.1 Å². The second-order valence-electron chi connectivity index (χ2n) is 7.22. The Morgan fingerprint density at radius 3 is 2.41 bits per heavy atom. The van der Waals surface area contributed by atoms with E-state index in [1.165, 1.54) is 6.07 Å². The first-order valence-corrected chi connectivity index (χ1v) is 9.82. The van der Waals surface area contributed by atoms with Crippen LogP contribution in [0.1, 0.15) is 25.3 Å². The maximum Gasteiger partial charge on any atom is 0.239 e. The quantitative estimate of drug-likeness (QED) is 0.641. The van der Waals surface area contributed by atoms with E-state index in [1.54, 1.807) is 19.2 Å². The Labute approximate surface area is 161 Å². The third kappa shape index (κ3) is 4.77. The van der Waals surface area contributed by atoms with Gasteiger partial charge in [0.25, 0.3) is 0 Å². The molecule has 1 aromatic carbocycles. The molecule has 2 heterocycles. The topological polar surface area (TPSA) is 51.2 Å². The van der Waals surface area contributed by atoms with Crippen LogP contribution < -0.4 is 5.32 Å². The maximum atomic E-state index is 13.8. The summed E-state index contributed by atoms with van der Waals surface area (Å²) in [4.78, 5) is 23.4. The van der Waals surface area contributed by atoms with Crippen LogP contribution in [0.2, 0.25) is 0 Å². The summed E-state index contributed by atoms with van der Waals surface area (Å²) in [6, 6.07) is 6.70. The van der Waals surface area contributed by atoms with Crippen molar-refractivity contribution >= 4 is 11.9 Å². The first-order valence-electron chi connectivity index (χ1n) is 9.82. The van der Waals surface area contributed by atoms with E-state index in [-0.39, 0.29) is 17.8 Å². The van der Waals surface area contributed by atoms with Crippen molar-refractivity contribution in [1.29, 1.82) is 0 Å². The van der Waals surface area contributed by atoms with Crippen LogP contribution in [0.5, 0.6) is 0 Å². The minimum absolute atomic E-state index is 0.0707. The van der Waals surface area contributed by atoms with Gasteiger partial charge in [-0.1, -0.05) is 18.2 Å². The summed E-state index contributed by atoms with van der Waals surface area (Å²) in [6.07, 6.45) is 2.24. The first kappa shape index (κ1) is 19.6. The SMILES string of the molecule is CN=C(NCc1ccccc1F)N1CCN(C(C)C(=O)N2CCCC2)CC1. The predicted molar refractivity (Wildman–Crippen MR) is 105 cm³/mol. The fourth-order valence-corrected chi connectivity index (χ4v) is 3.83. The number of halogens is 1. The van der Waals surface area contributed by atoms with E-state index in [0.29, 0.717) is 12.1 Å². The molecule has 1 aromatic rings. The minimum atomic E-state index is -0.209. The molecule has 2 fully saturated rings. The monoisotopic (exact) mass is 375 g/mol. The highest BCUT2D eigenvalue weighted by molar-refractivity contribution is 5.82. The number of nitrogens with zero attached hydrogens (tertiary/aromatic N) is 4. The van der Waals surface area contributed by atoms with Gasteiger partial charge < -0.3 is 15.1 Å². The number of carbonyl (C=O) groups excluding carboxylic acids is 1. The predicted octanol–water partition coefficient (Wildman–Crippen LogP) is 1.53. The van der Waals surface area contributed by atoms with E-state index in [9.17, 15) is 9.18 Å². The number of piperazine rings is 1. The largest absolute Gasteiger partial charge is 0.352 e. The first-order chi connectivity index (χ1) is 13.1. The van der Waals surface area contributed by atoms with E-state index in [4.69, 9.17) is 0 Å². The average Bonchev–Trinajstić information content (AvgIpc) is 3.24. The number of carbonyl (C=O) groups is 1. The Morgan fingerprint density at radius 2 is 1.78 bits per heavy atom. The van der Waals surface area contributed by atoms with Crippen LogP contribution in [0.3, 0.4) is 0 Å². The van der Waals surface area contributed by atoms with Crippen LogP contribution in [0.4, 0.5) is 4.39 Å². The van der Waals surface area contributed by atoms with Crippen molar-refractivity contribution in [3.8, 4) is 0 Å². The smallest absolute Gasteiger partial charge is 0.239 e. The second-order valence-corrected chi connectivity index (χ2v) is 7.22. The molecule has 0 radical (unpaired) electrons. The Balaban J connectivity index is 1.49. The van der Waals surface area contributed by atoms with Crippen molar-refractivity contribution in [2.24, 2.45) is 4.99 Å². The number of hydrogen-bond donors (Lipinski definition) is 1. The lowest BCUT2D eigenvalue weighted by molar-refractivity contribution is -0.135. The molecule has 0 bridgehead atoms. The third-order valence-corrected chi connectivity index (χ3v) is 5.54. The number of hydrogen-bond acceptors (Lipinski definition) is 3. The number of aliphatic imine (C=N–C) groups is 1. The molecule has 1 unspecified atom stereocenters. The number of nitrogens with one attached hydrogen (secondary N) is 1. The van der Waals surface area contributed by atoms with E-state index >= 15 is 0 Å². The van der Waals surface area contributed by atoms with Crippen LogP contribution in [0.15, 0.2) is 29.3 Å². The number of amides is 1. The molecule has 0 saturated carbocycles. The fraction of sp³-hybridized carbons (Fsp3) is 0.600. The normalized spacial score (nSPS) is 20.0. The number of benzene rings is 1. The van der Waals surface area contributed by atoms with Crippen LogP contribution >= 0.6 is 0 Å². The summed E-state index contributed by atoms with van der Waals surface area (Å²) in [7, 11) is 1.75. The molecule has 0 aromatic heterocycles. The molecule has 148 valence electrons. The maximum absolute atomic E-state index is 13.8. The summed E-state index contributed by atoms with van der Waals surface area (Å²) >= 11 is 0. The Kier molecular flexibility index (Phi) is 6.66. The molecule has 2 saturated heterocycles. The van der Waals surface area contributed by atoms with Crippen molar-refractivity contribution in [1.82, 2.24) is 20.0 Å². The van der Waals surface area contributed by atoms with Gasteiger partial charge in [-0.2, -0.15) is 0 Å². The standard InChI is InChI=1S/C20H30FN5O/c1-16(19(27)25-9-5-6-10-25)24-11-13-26(14-12-24)20(22-2)23-15-17-7-3-4-8-18(17)21/h3-4,7-8,16H,5-6,9-15H2,1-2H3,(H,22,23). The molecule has 7 heteroatoms. The highest BCUT2D eigenvalue weighted by Gasteiger charge is 2.30. The lowest BCUT2D eigenvalue weighted by atomic mass is 10.2. The third-order valence-electron chi connectivity index (χ3n) is 5.54. The number of likely N-dealkylation sites (tertiary alicyclic amines) is 1. The Hall–Kier alpha value is -2.15. The highest BCUT2D eigenvalue weighted by Crippen LogP contribution is 2.14. The molecule has 27 heavy (non-hydrogen) atoms. The number of guanidine groups is 1. The Morgan fingerprint density at radius 1 is 1.11 bits per heavy atom. The summed E-state index contributed by atoms with van der Waals surface area (Å²) in [5.74, 6) is 0.818. The van der Waals surface area contributed by atoms with Gasteiger partial charge in [0.2, 0.25) is 5.91 Å². The summed E-state index contributed by atoms with van der Waals surface area (Å²) in [5.41, 5.74) is 0.627. The zero-order chi connectivity index (χ0) is 19.2. The fourth-order valence-electron chi connectivity index (χ4n) is 3.83. The van der Waals surface area contributed by atoms with Crippen molar-refractivity contribution < 1.29 is 9.18 Å². The molecule has 0 spiro atoms. The molecule has 1 N–H and O–H groups in total. The van der Waals surface area contributed by atoms with Crippen molar-refractivity contribution in [2.75, 3.05) is 46.3 Å². The Bertz CT molecular complexity index is 666. The highest BCUT2D eigenvalue weighted by atomic mass is 19.1. The van der Waals surface area contributed by atoms with Gasteiger partial charge in [0.05, 0.1) is 6.04 Å². The zero-order valence-corrected chi connectivity index (χ0v) is 16.3. The van der Waals surface area contributed by atoms with Gasteiger partial charge in [-0.25, -0.2) is 4.39 Å². The zero-order valence-electron chi connectivity index (χ0n) is 16.3. The minimum Gasteiger partial charge on any atom is -0.352 e. The summed E-state index contributed by atoms with van der Waals surface area (Å²) < 4.78 is 13.8. The summed E-state index contributed by atoms with van der Waals surface area (Å²) in [6.45, 7) is 7.46. The molecule has 3 rings (SSSR count). The molecular weight excluding hydrogens is 345 g/mol. The molecule has 0 aliphatic carbocycles. The van der Waals surface area contributed by atoms with Crippen molar-refractivity contribution in [3.05, 3.63) is 35.6 Å². The van der Waals surface area contributed by atoms with Crippen LogP contribution in [-0.2, 0) is 11.3 Å². The molecule has 1 atom stereocenters. The van der Waals surface area contributed by atoms with Crippen molar-refractivity contribution in [3.63, 3.8) is 0 Å². The van der Waals surface area contributed by atoms with E-state index in [1.807, 2.05) is 17.9 Å². The lowest BCUT2D eigenvalue weighted by Crippen LogP contribution is -2.57. The molecule has 1 amide bonds. The van der Waals surface area contributed by atoms with Gasteiger partial charge in [-0.15, -0.1) is 0 Å². The lowest BCUT2D eigenvalue weighted by Gasteiger charge is -2.39. The molecule has 6 nitrogen and oxygen atoms in total. The van der Waals surface area contributed by atoms with E-state index < -0.39 is 0 Å². The van der Waals surface area contributed by atoms with Gasteiger partial charge >= 0.3 is 0 Å². The van der Waals surface area contributed by atoms with E-state index in [0.717, 1.165) is 58.1 Å². The molecular formula is C20H30FN5O. The van der Waals surface area contributed by atoms with Gasteiger partial charge in [-0.3, -0.25) is 14.7 Å². The number of rotatable bonds is 4. The summed E-state index contributed by atoms with van der Waals surface area (Å²) in [5, 5.41) is 3.25.